The molecule has 5 nitrogen and oxygen atoms in total. The largest absolute Gasteiger partial charge is 0.399 e. The number of carbonyl (C=O) groups excluding carboxylic acids is 1. The zero-order chi connectivity index (χ0) is 13.4. The number of nitrogens with one attached hydrogen (secondary N) is 2. The van der Waals surface area contributed by atoms with Crippen LogP contribution < -0.4 is 11.1 Å². The highest BCUT2D eigenvalue weighted by molar-refractivity contribution is 6.05. The SMILES string of the molecule is CC1CCCC1NC(=O)c1n[nH]c2ccc(N)cc12. The summed E-state index contributed by atoms with van der Waals surface area (Å²) in [5.41, 5.74) is 7.66. The monoisotopic (exact) mass is 258 g/mol. The third-order valence-electron chi connectivity index (χ3n) is 3.98. The van der Waals surface area contributed by atoms with E-state index in [-0.39, 0.29) is 11.9 Å². The summed E-state index contributed by atoms with van der Waals surface area (Å²) in [4.78, 5) is 12.3. The molecule has 3 rings (SSSR count). The lowest BCUT2D eigenvalue weighted by molar-refractivity contribution is 0.0926. The number of nitrogens with zero attached hydrogens (tertiary/aromatic N) is 1. The number of amides is 1. The van der Waals surface area contributed by atoms with Crippen LogP contribution in [-0.2, 0) is 0 Å². The van der Waals surface area contributed by atoms with Crippen molar-refractivity contribution < 1.29 is 4.79 Å². The second kappa shape index (κ2) is 4.57. The molecule has 19 heavy (non-hydrogen) atoms. The number of aromatic nitrogens is 2. The van der Waals surface area contributed by atoms with Crippen LogP contribution in [0.5, 0.6) is 0 Å². The number of fused-ring (bicyclic) bond motifs is 1. The Morgan fingerprint density at radius 1 is 1.47 bits per heavy atom. The Morgan fingerprint density at radius 2 is 2.32 bits per heavy atom. The van der Waals surface area contributed by atoms with Gasteiger partial charge in [-0.05, 0) is 37.0 Å². The molecule has 2 aromatic rings. The minimum Gasteiger partial charge on any atom is -0.399 e. The van der Waals surface area contributed by atoms with Gasteiger partial charge < -0.3 is 11.1 Å². The van der Waals surface area contributed by atoms with E-state index < -0.39 is 0 Å². The van der Waals surface area contributed by atoms with E-state index in [1.165, 1.54) is 12.8 Å². The third kappa shape index (κ3) is 2.16. The molecule has 0 radical (unpaired) electrons. The lowest BCUT2D eigenvalue weighted by Gasteiger charge is -2.16. The number of hydrogen-bond donors (Lipinski definition) is 3. The highest BCUT2D eigenvalue weighted by Gasteiger charge is 2.26. The Kier molecular flexibility index (Phi) is 2.89. The first kappa shape index (κ1) is 12.0. The first-order chi connectivity index (χ1) is 9.15. The van der Waals surface area contributed by atoms with E-state index in [1.807, 2.05) is 6.07 Å². The van der Waals surface area contributed by atoms with Gasteiger partial charge in [0.05, 0.1) is 5.52 Å². The number of hydrogen-bond acceptors (Lipinski definition) is 3. The lowest BCUT2D eigenvalue weighted by atomic mass is 10.1. The third-order valence-corrected chi connectivity index (χ3v) is 3.98. The highest BCUT2D eigenvalue weighted by atomic mass is 16.2. The van der Waals surface area contributed by atoms with Crippen LogP contribution >= 0.6 is 0 Å². The van der Waals surface area contributed by atoms with Crippen LogP contribution in [0.4, 0.5) is 5.69 Å². The fourth-order valence-electron chi connectivity index (χ4n) is 2.80. The number of carbonyl (C=O) groups is 1. The molecule has 1 aromatic carbocycles. The summed E-state index contributed by atoms with van der Waals surface area (Å²) >= 11 is 0. The van der Waals surface area contributed by atoms with Crippen molar-refractivity contribution in [1.29, 1.82) is 0 Å². The second-order valence-corrected chi connectivity index (χ2v) is 5.37. The Bertz CT molecular complexity index is 619. The van der Waals surface area contributed by atoms with Crippen molar-refractivity contribution in [2.45, 2.75) is 32.2 Å². The Balaban J connectivity index is 1.87. The molecule has 5 heteroatoms. The van der Waals surface area contributed by atoms with Gasteiger partial charge in [0.2, 0.25) is 0 Å². The van der Waals surface area contributed by atoms with Gasteiger partial charge in [-0.2, -0.15) is 5.10 Å². The van der Waals surface area contributed by atoms with Gasteiger partial charge >= 0.3 is 0 Å². The number of H-pyrrole nitrogens is 1. The maximum atomic E-state index is 12.3. The smallest absolute Gasteiger partial charge is 0.272 e. The van der Waals surface area contributed by atoms with Gasteiger partial charge in [-0.1, -0.05) is 13.3 Å². The zero-order valence-electron chi connectivity index (χ0n) is 10.9. The molecule has 0 saturated heterocycles. The minimum absolute atomic E-state index is 0.115. The molecule has 0 bridgehead atoms. The molecule has 1 amide bonds. The molecule has 1 saturated carbocycles. The van der Waals surface area contributed by atoms with Crippen LogP contribution in [0, 0.1) is 5.92 Å². The molecule has 1 heterocycles. The minimum atomic E-state index is -0.115. The van der Waals surface area contributed by atoms with E-state index in [9.17, 15) is 4.79 Å². The summed E-state index contributed by atoms with van der Waals surface area (Å²) in [6.07, 6.45) is 3.41. The number of aromatic amines is 1. The summed E-state index contributed by atoms with van der Waals surface area (Å²) in [7, 11) is 0. The van der Waals surface area contributed by atoms with Crippen LogP contribution in [0.1, 0.15) is 36.7 Å². The van der Waals surface area contributed by atoms with Crippen molar-refractivity contribution in [2.75, 3.05) is 5.73 Å². The van der Waals surface area contributed by atoms with Crippen LogP contribution in [0.3, 0.4) is 0 Å². The van der Waals surface area contributed by atoms with Crippen LogP contribution in [0.25, 0.3) is 10.9 Å². The average molecular weight is 258 g/mol. The summed E-state index contributed by atoms with van der Waals surface area (Å²) in [6.45, 7) is 2.18. The lowest BCUT2D eigenvalue weighted by Crippen LogP contribution is -2.36. The van der Waals surface area contributed by atoms with Gasteiger partial charge in [-0.25, -0.2) is 0 Å². The number of benzene rings is 1. The predicted octanol–water partition coefficient (Wildman–Crippen LogP) is 2.06. The van der Waals surface area contributed by atoms with E-state index in [0.29, 0.717) is 17.3 Å². The van der Waals surface area contributed by atoms with Crippen LogP contribution in [0.2, 0.25) is 0 Å². The fourth-order valence-corrected chi connectivity index (χ4v) is 2.80. The summed E-state index contributed by atoms with van der Waals surface area (Å²) < 4.78 is 0. The summed E-state index contributed by atoms with van der Waals surface area (Å²) in [5.74, 6) is 0.426. The molecule has 1 fully saturated rings. The van der Waals surface area contributed by atoms with Crippen molar-refractivity contribution in [3.8, 4) is 0 Å². The maximum absolute atomic E-state index is 12.3. The normalized spacial score (nSPS) is 22.8. The first-order valence-corrected chi connectivity index (χ1v) is 6.69. The number of nitrogen functional groups attached to an aromatic ring is 1. The Labute approximate surface area is 111 Å². The topological polar surface area (TPSA) is 83.8 Å². The van der Waals surface area contributed by atoms with Gasteiger partial charge in [-0.3, -0.25) is 9.89 Å². The van der Waals surface area contributed by atoms with Crippen LogP contribution in [0.15, 0.2) is 18.2 Å². The van der Waals surface area contributed by atoms with E-state index in [0.717, 1.165) is 17.3 Å². The number of nitrogens with two attached hydrogens (primary N) is 1. The predicted molar refractivity (Wildman–Crippen MR) is 74.8 cm³/mol. The Hall–Kier alpha value is -2.04. The molecule has 100 valence electrons. The molecule has 2 unspecified atom stereocenters. The zero-order valence-corrected chi connectivity index (χ0v) is 10.9. The van der Waals surface area contributed by atoms with Crippen molar-refractivity contribution in [1.82, 2.24) is 15.5 Å². The van der Waals surface area contributed by atoms with E-state index >= 15 is 0 Å². The van der Waals surface area contributed by atoms with Crippen molar-refractivity contribution in [2.24, 2.45) is 5.92 Å². The molecular weight excluding hydrogens is 240 g/mol. The first-order valence-electron chi connectivity index (χ1n) is 6.69. The van der Waals surface area contributed by atoms with E-state index in [1.54, 1.807) is 12.1 Å². The second-order valence-electron chi connectivity index (χ2n) is 5.37. The highest BCUT2D eigenvalue weighted by Crippen LogP contribution is 2.25. The van der Waals surface area contributed by atoms with Gasteiger partial charge in [0.1, 0.15) is 0 Å². The van der Waals surface area contributed by atoms with Crippen molar-refractivity contribution >= 4 is 22.5 Å². The Morgan fingerprint density at radius 3 is 3.05 bits per heavy atom. The fraction of sp³-hybridized carbons (Fsp3) is 0.429. The molecule has 0 aliphatic heterocycles. The molecule has 1 aliphatic carbocycles. The quantitative estimate of drug-likeness (QED) is 0.721. The van der Waals surface area contributed by atoms with Crippen LogP contribution in [-0.4, -0.2) is 22.1 Å². The molecule has 2 atom stereocenters. The summed E-state index contributed by atoms with van der Waals surface area (Å²) in [5, 5.41) is 10.8. The van der Waals surface area contributed by atoms with Gasteiger partial charge in [0, 0.05) is 17.1 Å². The van der Waals surface area contributed by atoms with Gasteiger partial charge in [-0.15, -0.1) is 0 Å². The molecular formula is C14H18N4O. The van der Waals surface area contributed by atoms with Crippen molar-refractivity contribution in [3.63, 3.8) is 0 Å². The summed E-state index contributed by atoms with van der Waals surface area (Å²) in [6, 6.07) is 5.68. The van der Waals surface area contributed by atoms with Crippen molar-refractivity contribution in [3.05, 3.63) is 23.9 Å². The standard InChI is InChI=1S/C14H18N4O/c1-8-3-2-4-11(8)16-14(19)13-10-7-9(15)5-6-12(10)17-18-13/h5-8,11H,2-4,15H2,1H3,(H,16,19)(H,17,18). The van der Waals surface area contributed by atoms with Gasteiger partial charge in [0.25, 0.3) is 5.91 Å². The molecule has 1 aliphatic rings. The average Bonchev–Trinajstić information content (AvgIpc) is 2.96. The number of anilines is 1. The number of rotatable bonds is 2. The van der Waals surface area contributed by atoms with E-state index in [2.05, 4.69) is 22.4 Å². The van der Waals surface area contributed by atoms with E-state index in [4.69, 9.17) is 5.73 Å². The molecule has 1 aromatic heterocycles. The molecule has 0 spiro atoms. The maximum Gasteiger partial charge on any atom is 0.272 e. The van der Waals surface area contributed by atoms with Gasteiger partial charge in [0.15, 0.2) is 5.69 Å². The molecule has 4 N–H and O–H groups in total.